The van der Waals surface area contributed by atoms with Crippen LogP contribution in [0.2, 0.25) is 5.15 Å². The summed E-state index contributed by atoms with van der Waals surface area (Å²) in [7, 11) is 0. The molecular weight excluding hydrogens is 374 g/mol. The number of nitrogens with one attached hydrogen (secondary N) is 1. The first-order valence-corrected chi connectivity index (χ1v) is 8.08. The molecule has 136 valence electrons. The maximum Gasteiger partial charge on any atom is 0.338 e. The number of benzene rings is 2. The van der Waals surface area contributed by atoms with Crippen LogP contribution in [0.1, 0.15) is 10.4 Å². The van der Waals surface area contributed by atoms with Crippen LogP contribution in [0.5, 0.6) is 0 Å². The predicted molar refractivity (Wildman–Crippen MR) is 98.8 cm³/mol. The average molecular weight is 386 g/mol. The molecule has 0 aliphatic heterocycles. The number of anilines is 1. The van der Waals surface area contributed by atoms with Gasteiger partial charge in [-0.05, 0) is 42.5 Å². The first kappa shape index (κ1) is 18.3. The molecule has 0 saturated carbocycles. The molecule has 2 aromatic carbocycles. The molecule has 3 aromatic rings. The quantitative estimate of drug-likeness (QED) is 0.311. The molecule has 0 saturated heterocycles. The summed E-state index contributed by atoms with van der Waals surface area (Å²) in [6.07, 6.45) is 0. The fraction of sp³-hybridized carbons (Fsp3) is 0.0556. The number of carbonyl (C=O) groups excluding carboxylic acids is 2. The molecule has 0 atom stereocenters. The summed E-state index contributed by atoms with van der Waals surface area (Å²) in [6.45, 7) is -0.493. The molecule has 3 rings (SSSR count). The SMILES string of the molecule is O=C(COC(=O)c1ccc2nc(Cl)ccc2c1)Nc1ccc([N+](=O)[O-])cc1. The number of ether oxygens (including phenoxy) is 1. The van der Waals surface area contributed by atoms with Gasteiger partial charge in [-0.1, -0.05) is 11.6 Å². The zero-order valence-corrected chi connectivity index (χ0v) is 14.5. The van der Waals surface area contributed by atoms with Gasteiger partial charge < -0.3 is 10.1 Å². The van der Waals surface area contributed by atoms with E-state index in [0.29, 0.717) is 21.7 Å². The third-order valence-corrected chi connectivity index (χ3v) is 3.80. The van der Waals surface area contributed by atoms with E-state index in [0.717, 1.165) is 0 Å². The summed E-state index contributed by atoms with van der Waals surface area (Å²) in [6, 6.07) is 13.4. The monoisotopic (exact) mass is 385 g/mol. The Morgan fingerprint density at radius 2 is 1.85 bits per heavy atom. The molecule has 1 aromatic heterocycles. The number of rotatable bonds is 5. The predicted octanol–water partition coefficient (Wildman–Crippen LogP) is 3.59. The lowest BCUT2D eigenvalue weighted by Crippen LogP contribution is -2.20. The normalized spacial score (nSPS) is 10.4. The smallest absolute Gasteiger partial charge is 0.338 e. The number of pyridine rings is 1. The Labute approximate surface area is 157 Å². The molecule has 8 nitrogen and oxygen atoms in total. The van der Waals surface area contributed by atoms with Crippen LogP contribution in [0.4, 0.5) is 11.4 Å². The molecule has 1 amide bonds. The molecule has 0 spiro atoms. The van der Waals surface area contributed by atoms with Crippen LogP contribution in [0.3, 0.4) is 0 Å². The van der Waals surface area contributed by atoms with Gasteiger partial charge in [0.15, 0.2) is 6.61 Å². The summed E-state index contributed by atoms with van der Waals surface area (Å²) in [5.41, 5.74) is 1.17. The highest BCUT2D eigenvalue weighted by Gasteiger charge is 2.12. The molecule has 0 bridgehead atoms. The molecule has 1 heterocycles. The summed E-state index contributed by atoms with van der Waals surface area (Å²) >= 11 is 5.82. The fourth-order valence-corrected chi connectivity index (χ4v) is 2.46. The number of amides is 1. The zero-order chi connectivity index (χ0) is 19.4. The van der Waals surface area contributed by atoms with Crippen LogP contribution in [0.25, 0.3) is 10.9 Å². The Bertz CT molecular complexity index is 1040. The van der Waals surface area contributed by atoms with Gasteiger partial charge in [0.25, 0.3) is 11.6 Å². The standard InChI is InChI=1S/C18H12ClN3O5/c19-16-8-2-11-9-12(1-7-15(11)21-16)18(24)27-10-17(23)20-13-3-5-14(6-4-13)22(25)26/h1-9H,10H2,(H,20,23). The van der Waals surface area contributed by atoms with E-state index in [2.05, 4.69) is 10.3 Å². The van der Waals surface area contributed by atoms with Crippen molar-refractivity contribution in [2.24, 2.45) is 0 Å². The lowest BCUT2D eigenvalue weighted by atomic mass is 10.1. The third kappa shape index (κ3) is 4.56. The first-order chi connectivity index (χ1) is 12.9. The fourth-order valence-electron chi connectivity index (χ4n) is 2.31. The summed E-state index contributed by atoms with van der Waals surface area (Å²) < 4.78 is 4.99. The van der Waals surface area contributed by atoms with Crippen molar-refractivity contribution >= 4 is 45.8 Å². The number of esters is 1. The van der Waals surface area contributed by atoms with E-state index in [4.69, 9.17) is 16.3 Å². The summed E-state index contributed by atoms with van der Waals surface area (Å²) in [5, 5.41) is 14.1. The molecular formula is C18H12ClN3O5. The molecule has 0 unspecified atom stereocenters. The van der Waals surface area contributed by atoms with Crippen LogP contribution in [-0.2, 0) is 9.53 Å². The molecule has 27 heavy (non-hydrogen) atoms. The van der Waals surface area contributed by atoms with E-state index in [1.165, 1.54) is 30.3 Å². The highest BCUT2D eigenvalue weighted by Crippen LogP contribution is 2.18. The Morgan fingerprint density at radius 1 is 1.11 bits per heavy atom. The molecule has 0 fully saturated rings. The van der Waals surface area contributed by atoms with Gasteiger partial charge in [-0.3, -0.25) is 14.9 Å². The van der Waals surface area contributed by atoms with Crippen molar-refractivity contribution in [1.29, 1.82) is 0 Å². The van der Waals surface area contributed by atoms with Crippen molar-refractivity contribution in [2.75, 3.05) is 11.9 Å². The molecule has 1 N–H and O–H groups in total. The Balaban J connectivity index is 1.59. The van der Waals surface area contributed by atoms with E-state index < -0.39 is 23.4 Å². The van der Waals surface area contributed by atoms with E-state index in [9.17, 15) is 19.7 Å². The highest BCUT2D eigenvalue weighted by molar-refractivity contribution is 6.29. The van der Waals surface area contributed by atoms with Crippen molar-refractivity contribution in [3.63, 3.8) is 0 Å². The Kier molecular flexibility index (Phi) is 5.28. The molecule has 0 radical (unpaired) electrons. The van der Waals surface area contributed by atoms with Gasteiger partial charge in [-0.15, -0.1) is 0 Å². The summed E-state index contributed by atoms with van der Waals surface area (Å²) in [5.74, 6) is -1.22. The van der Waals surface area contributed by atoms with Gasteiger partial charge in [0.1, 0.15) is 5.15 Å². The van der Waals surface area contributed by atoms with Crippen LogP contribution in [0.15, 0.2) is 54.6 Å². The second-order valence-corrected chi connectivity index (χ2v) is 5.86. The number of nitro groups is 1. The second-order valence-electron chi connectivity index (χ2n) is 5.47. The number of hydrogen-bond acceptors (Lipinski definition) is 6. The lowest BCUT2D eigenvalue weighted by Gasteiger charge is -2.07. The Hall–Kier alpha value is -3.52. The largest absolute Gasteiger partial charge is 0.452 e. The van der Waals surface area contributed by atoms with Crippen molar-refractivity contribution in [3.05, 3.63) is 75.4 Å². The van der Waals surface area contributed by atoms with Gasteiger partial charge >= 0.3 is 5.97 Å². The van der Waals surface area contributed by atoms with E-state index in [-0.39, 0.29) is 11.3 Å². The van der Waals surface area contributed by atoms with Gasteiger partial charge in [0.2, 0.25) is 0 Å². The first-order valence-electron chi connectivity index (χ1n) is 7.70. The number of carbonyl (C=O) groups is 2. The topological polar surface area (TPSA) is 111 Å². The van der Waals surface area contributed by atoms with Crippen LogP contribution in [0, 0.1) is 10.1 Å². The minimum absolute atomic E-state index is 0.0912. The number of halogens is 1. The van der Waals surface area contributed by atoms with Gasteiger partial charge in [-0.2, -0.15) is 0 Å². The summed E-state index contributed by atoms with van der Waals surface area (Å²) in [4.78, 5) is 38.2. The number of non-ortho nitro benzene ring substituents is 1. The van der Waals surface area contributed by atoms with Gasteiger partial charge in [0.05, 0.1) is 16.0 Å². The van der Waals surface area contributed by atoms with Crippen LogP contribution < -0.4 is 5.32 Å². The molecule has 0 aliphatic rings. The highest BCUT2D eigenvalue weighted by atomic mass is 35.5. The van der Waals surface area contributed by atoms with E-state index in [1.54, 1.807) is 24.3 Å². The number of hydrogen-bond donors (Lipinski definition) is 1. The van der Waals surface area contributed by atoms with E-state index in [1.807, 2.05) is 0 Å². The number of fused-ring (bicyclic) bond motifs is 1. The van der Waals surface area contributed by atoms with Crippen LogP contribution >= 0.6 is 11.6 Å². The zero-order valence-electron chi connectivity index (χ0n) is 13.7. The maximum absolute atomic E-state index is 12.1. The average Bonchev–Trinajstić information content (AvgIpc) is 2.66. The van der Waals surface area contributed by atoms with Crippen molar-refractivity contribution < 1.29 is 19.2 Å². The third-order valence-electron chi connectivity index (χ3n) is 3.59. The van der Waals surface area contributed by atoms with Crippen molar-refractivity contribution in [2.45, 2.75) is 0 Å². The number of nitrogens with zero attached hydrogens (tertiary/aromatic N) is 2. The molecule has 9 heteroatoms. The minimum Gasteiger partial charge on any atom is -0.452 e. The molecule has 0 aliphatic carbocycles. The van der Waals surface area contributed by atoms with Gasteiger partial charge in [0, 0.05) is 23.2 Å². The van der Waals surface area contributed by atoms with Crippen LogP contribution in [-0.4, -0.2) is 28.4 Å². The van der Waals surface area contributed by atoms with Gasteiger partial charge in [-0.25, -0.2) is 9.78 Å². The van der Waals surface area contributed by atoms with E-state index >= 15 is 0 Å². The Morgan fingerprint density at radius 3 is 2.56 bits per heavy atom. The lowest BCUT2D eigenvalue weighted by molar-refractivity contribution is -0.384. The number of aromatic nitrogens is 1. The van der Waals surface area contributed by atoms with Crippen molar-refractivity contribution in [1.82, 2.24) is 4.98 Å². The number of nitro benzene ring substituents is 1. The second kappa shape index (κ2) is 7.79. The minimum atomic E-state index is -0.661. The maximum atomic E-state index is 12.1. The van der Waals surface area contributed by atoms with Crippen molar-refractivity contribution in [3.8, 4) is 0 Å².